The summed E-state index contributed by atoms with van der Waals surface area (Å²) >= 11 is 0. The Morgan fingerprint density at radius 2 is 0.978 bits per heavy atom. The largest absolute Gasteiger partial charge is 0.390 e. The van der Waals surface area contributed by atoms with Crippen LogP contribution in [-0.4, -0.2) is 258 Å². The topological polar surface area (TPSA) is 266 Å². The minimum Gasteiger partial charge on any atom is -0.390 e. The van der Waals surface area contributed by atoms with E-state index in [1.54, 1.807) is 101 Å². The average Bonchev–Trinajstić information content (AvgIpc) is 0.947. The second-order valence-electron chi connectivity index (χ2n) is 29.2. The van der Waals surface area contributed by atoms with Gasteiger partial charge in [-0.3, -0.25) is 62.4 Å². The van der Waals surface area contributed by atoms with Crippen molar-refractivity contribution < 1.29 is 62.6 Å². The number of rotatable bonds is 18. The molecule has 0 aliphatic carbocycles. The van der Waals surface area contributed by atoms with Gasteiger partial charge in [-0.15, -0.1) is 0 Å². The lowest BCUT2D eigenvalue weighted by molar-refractivity contribution is -0.157. The Bertz CT molecular complexity index is 2590. The molecule has 1 heterocycles. The lowest BCUT2D eigenvalue weighted by atomic mass is 9.83. The Morgan fingerprint density at radius 1 is 0.527 bits per heavy atom. The molecule has 0 unspecified atom stereocenters. The molecule has 1 saturated heterocycles. The van der Waals surface area contributed by atoms with E-state index >= 15 is 24.0 Å². The molecule has 0 saturated carbocycles. The minimum absolute atomic E-state index is 0.00735. The van der Waals surface area contributed by atoms with E-state index in [1.807, 2.05) is 47.6 Å². The lowest BCUT2D eigenvalue weighted by Crippen LogP contribution is -2.63. The van der Waals surface area contributed by atoms with Gasteiger partial charge in [0.1, 0.15) is 42.0 Å². The van der Waals surface area contributed by atoms with Crippen molar-refractivity contribution in [2.24, 2.45) is 59.2 Å². The van der Waals surface area contributed by atoms with Crippen molar-refractivity contribution in [3.8, 4) is 0 Å². The number of carbonyl (C=O) groups excluding carboxylic acids is 12. The summed E-state index contributed by atoms with van der Waals surface area (Å²) in [7, 11) is 15.1. The smallest absolute Gasteiger partial charge is 0.246 e. The second kappa shape index (κ2) is 38.4. The zero-order valence-electron chi connectivity index (χ0n) is 62.1. The zero-order valence-corrected chi connectivity index (χ0v) is 62.1. The highest BCUT2D eigenvalue weighted by molar-refractivity contribution is 6.00. The van der Waals surface area contributed by atoms with Crippen molar-refractivity contribution in [3.05, 3.63) is 12.2 Å². The highest BCUT2D eigenvalue weighted by atomic mass is 16.3. The van der Waals surface area contributed by atoms with Crippen molar-refractivity contribution in [2.45, 2.75) is 224 Å². The van der Waals surface area contributed by atoms with E-state index < -0.39 is 149 Å². The van der Waals surface area contributed by atoms with E-state index in [0.29, 0.717) is 6.42 Å². The summed E-state index contributed by atoms with van der Waals surface area (Å²) < 4.78 is 0. The first kappa shape index (κ1) is 84.9. The summed E-state index contributed by atoms with van der Waals surface area (Å²) in [5, 5.41) is 15.0. The van der Waals surface area contributed by atoms with Crippen LogP contribution in [-0.2, 0) is 57.5 Å². The van der Waals surface area contributed by atoms with Gasteiger partial charge < -0.3 is 49.6 Å². The number of aliphatic hydroxyl groups is 1. The number of hydrogen-bond donors (Lipinski definition) is 2. The highest BCUT2D eigenvalue weighted by Crippen LogP contribution is 2.30. The molecule has 1 rings (SSSR count). The quantitative estimate of drug-likeness (QED) is 0.160. The van der Waals surface area contributed by atoms with E-state index in [0.717, 1.165) is 9.80 Å². The molecule has 14 atom stereocenters. The molecule has 93 heavy (non-hydrogen) atoms. The molecule has 1 fully saturated rings. The third-order valence-electron chi connectivity index (χ3n) is 18.8. The summed E-state index contributed by atoms with van der Waals surface area (Å²) in [4.78, 5) is 189. The van der Waals surface area contributed by atoms with Gasteiger partial charge in [-0.05, 0) is 94.4 Å². The number of amides is 9. The fourth-order valence-corrected chi connectivity index (χ4v) is 12.6. The zero-order chi connectivity index (χ0) is 72.3. The Morgan fingerprint density at radius 3 is 1.44 bits per heavy atom. The van der Waals surface area contributed by atoms with Crippen molar-refractivity contribution in [1.82, 2.24) is 49.4 Å². The molecule has 0 radical (unpaired) electrons. The first-order valence-corrected chi connectivity index (χ1v) is 33.8. The summed E-state index contributed by atoms with van der Waals surface area (Å²) in [5.41, 5.74) is 0. The third kappa shape index (κ3) is 23.6. The van der Waals surface area contributed by atoms with Crippen LogP contribution in [0.3, 0.4) is 0 Å². The maximum Gasteiger partial charge on any atom is 0.246 e. The Kier molecular flexibility index (Phi) is 35.1. The normalized spacial score (nSPS) is 27.0. The number of carbonyl (C=O) groups is 12. The first-order valence-electron chi connectivity index (χ1n) is 33.8. The minimum atomic E-state index is -1.64. The van der Waals surface area contributed by atoms with Gasteiger partial charge in [0.2, 0.25) is 53.2 Å². The van der Waals surface area contributed by atoms with Gasteiger partial charge in [0.05, 0.1) is 24.7 Å². The van der Waals surface area contributed by atoms with Gasteiger partial charge in [-0.1, -0.05) is 116 Å². The highest BCUT2D eigenvalue weighted by Gasteiger charge is 2.46. The number of likely N-dealkylation sites (N-methyl/N-ethyl adjacent to an activating group) is 9. The van der Waals surface area contributed by atoms with Crippen LogP contribution in [0.5, 0.6) is 0 Å². The predicted molar refractivity (Wildman–Crippen MR) is 362 cm³/mol. The predicted octanol–water partition coefficient (Wildman–Crippen LogP) is 5.54. The third-order valence-corrected chi connectivity index (χ3v) is 18.8. The van der Waals surface area contributed by atoms with Gasteiger partial charge in [-0.25, -0.2) is 0 Å². The summed E-state index contributed by atoms with van der Waals surface area (Å²) in [6.07, 6.45) is 2.03. The molecule has 532 valence electrons. The summed E-state index contributed by atoms with van der Waals surface area (Å²) in [6, 6.07) is -9.97. The fraction of sp³-hybridized carbons (Fsp3) is 0.800. The Hall–Kier alpha value is -6.10. The van der Waals surface area contributed by atoms with Crippen LogP contribution in [0, 0.1) is 59.2 Å². The van der Waals surface area contributed by atoms with Crippen LogP contribution in [0.2, 0.25) is 0 Å². The molecular formula is C70H124N10O13. The standard InChI is InChI=1S/C70H124N10O13/c1-28-30-31-45(13)62(85)61-63(86)71-51(29-2)67(90)74(21)49(17)65(88)79(26)60(48(16)38-73(20)39-58(84)72(18)19)57(83)37-50(43(9)10)66(89)75(22)52(32-40(3)4)56(82)35-46(14)55(81)36-47(15)64(87)76(23)53(33-41(5)6)68(91)77(24)54(34-42(7)8)69(92)78(25)59(44(11)12)70(93)80(61)27/h28,30,40-54,59-62,85H,29,31-39H2,1-27H3,(H,71,86)/b30-28+/t45-,46-,47+,48-,49-,50+,51+,52+,53+,54+,59+,60+,61+,62-/m1/s1. The Balaban J connectivity index is 4.49. The van der Waals surface area contributed by atoms with E-state index in [1.165, 1.54) is 85.7 Å². The van der Waals surface area contributed by atoms with Gasteiger partial charge in [0, 0.05) is 107 Å². The molecule has 1 aliphatic rings. The van der Waals surface area contributed by atoms with E-state index in [4.69, 9.17) is 0 Å². The summed E-state index contributed by atoms with van der Waals surface area (Å²) in [5.74, 6) is -12.2. The molecule has 0 aromatic carbocycles. The second-order valence-corrected chi connectivity index (χ2v) is 29.2. The molecule has 0 spiro atoms. The number of nitrogens with zero attached hydrogens (tertiary/aromatic N) is 9. The van der Waals surface area contributed by atoms with Gasteiger partial charge in [0.15, 0.2) is 11.6 Å². The van der Waals surface area contributed by atoms with Gasteiger partial charge in [0.25, 0.3) is 0 Å². The fourth-order valence-electron chi connectivity index (χ4n) is 12.6. The van der Waals surface area contributed by atoms with Crippen LogP contribution >= 0.6 is 0 Å². The molecule has 0 bridgehead atoms. The molecule has 9 amide bonds. The molecule has 1 aliphatic heterocycles. The molecule has 0 aromatic heterocycles. The van der Waals surface area contributed by atoms with Gasteiger partial charge >= 0.3 is 0 Å². The monoisotopic (exact) mass is 1310 g/mol. The van der Waals surface area contributed by atoms with Crippen molar-refractivity contribution >= 4 is 70.5 Å². The average molecular weight is 1310 g/mol. The number of nitrogens with one attached hydrogen (secondary N) is 1. The molecular weight excluding hydrogens is 1190 g/mol. The number of ketones is 3. The van der Waals surface area contributed by atoms with Crippen molar-refractivity contribution in [3.63, 3.8) is 0 Å². The Labute approximate surface area is 558 Å². The number of hydrogen-bond acceptors (Lipinski definition) is 14. The number of Topliss-reactive ketones (excluding diaryl/α,β-unsaturated/α-hetero) is 3. The maximum absolute atomic E-state index is 15.3. The molecule has 23 nitrogen and oxygen atoms in total. The number of allylic oxidation sites excluding steroid dienone is 2. The van der Waals surface area contributed by atoms with Crippen LogP contribution in [0.25, 0.3) is 0 Å². The molecule has 0 aromatic rings. The van der Waals surface area contributed by atoms with E-state index in [9.17, 15) is 38.7 Å². The summed E-state index contributed by atoms with van der Waals surface area (Å²) in [6.45, 7) is 30.1. The van der Waals surface area contributed by atoms with Crippen molar-refractivity contribution in [2.75, 3.05) is 83.6 Å². The van der Waals surface area contributed by atoms with Crippen LogP contribution < -0.4 is 5.32 Å². The van der Waals surface area contributed by atoms with E-state index in [2.05, 4.69) is 5.32 Å². The lowest BCUT2D eigenvalue weighted by Gasteiger charge is -2.41. The van der Waals surface area contributed by atoms with Crippen LogP contribution in [0.1, 0.15) is 169 Å². The number of aliphatic hydroxyl groups excluding tert-OH is 1. The SMILES string of the molecule is C/C=C/C[C@@H](C)[C@@H](O)[C@H]1C(=O)N[C@@H](CC)C(=O)N(C)[C@H](C)C(=O)N(C)[C@@H]([C@H](C)CN(C)CC(=O)N(C)C)C(=O)C[C@@H](C(C)C)C(=O)N(C)[C@@H](CC(C)C)C(=O)C[C@@H](C)C(=O)C[C@H](C)C(=O)N(C)[C@@H](CC(C)C)C(=O)N(C)[C@@H](CC(C)C)C(=O)N(C)[C@@H](C(C)C)C(=O)N1C. The maximum atomic E-state index is 15.3. The molecule has 2 N–H and O–H groups in total. The van der Waals surface area contributed by atoms with Crippen LogP contribution in [0.15, 0.2) is 12.2 Å². The first-order chi connectivity index (χ1) is 42.9. The van der Waals surface area contributed by atoms with Crippen molar-refractivity contribution in [1.29, 1.82) is 0 Å². The molecule has 23 heteroatoms. The van der Waals surface area contributed by atoms with E-state index in [-0.39, 0.29) is 93.3 Å². The van der Waals surface area contributed by atoms with Gasteiger partial charge in [-0.2, -0.15) is 0 Å². The van der Waals surface area contributed by atoms with Crippen LogP contribution in [0.4, 0.5) is 0 Å².